The summed E-state index contributed by atoms with van der Waals surface area (Å²) in [5.41, 5.74) is 0. The van der Waals surface area contributed by atoms with Gasteiger partial charge in [0.15, 0.2) is 9.84 Å². The lowest BCUT2D eigenvalue weighted by Crippen LogP contribution is -2.35. The number of rotatable bonds is 8. The highest BCUT2D eigenvalue weighted by Crippen LogP contribution is 2.22. The van der Waals surface area contributed by atoms with Crippen molar-refractivity contribution in [2.75, 3.05) is 18.2 Å². The van der Waals surface area contributed by atoms with Crippen molar-refractivity contribution in [3.8, 4) is 6.01 Å². The molecule has 0 aliphatic rings. The Kier molecular flexibility index (Phi) is 7.08. The highest BCUT2D eigenvalue weighted by molar-refractivity contribution is 7.94. The number of methoxy groups -OCH3 is 1. The molecule has 0 radical (unpaired) electrons. The summed E-state index contributed by atoms with van der Waals surface area (Å²) in [4.78, 5) is 23.0. The van der Waals surface area contributed by atoms with E-state index >= 15 is 0 Å². The van der Waals surface area contributed by atoms with Gasteiger partial charge < -0.3 is 4.74 Å². The number of anilines is 1. The van der Waals surface area contributed by atoms with E-state index in [0.717, 1.165) is 6.07 Å². The number of urea groups is 1. The van der Waals surface area contributed by atoms with Crippen molar-refractivity contribution in [3.05, 3.63) is 30.1 Å². The molecule has 1 aromatic carbocycles. The fourth-order valence-corrected chi connectivity index (χ4v) is 5.44. The van der Waals surface area contributed by atoms with Gasteiger partial charge in [0.1, 0.15) is 10.7 Å². The number of sulfonamides is 1. The molecule has 0 fully saturated rings. The third-order valence-corrected chi connectivity index (χ3v) is 7.05. The van der Waals surface area contributed by atoms with Crippen LogP contribution in [0.4, 0.5) is 10.7 Å². The average molecular weight is 444 g/mol. The predicted molar refractivity (Wildman–Crippen MR) is 104 cm³/mol. The first-order valence-corrected chi connectivity index (χ1v) is 11.7. The number of amides is 2. The van der Waals surface area contributed by atoms with Gasteiger partial charge in [0.2, 0.25) is 5.95 Å². The quantitative estimate of drug-likeness (QED) is 0.610. The SMILES string of the molecule is CCCS(=O)(=O)c1ccccc1S(=O)(=O)NC(=O)Nc1nc(CC)nc(OC)n1. The first-order valence-electron chi connectivity index (χ1n) is 8.57. The zero-order valence-corrected chi connectivity index (χ0v) is 17.7. The number of aromatic nitrogens is 3. The number of aryl methyl sites for hydroxylation is 1. The number of sulfone groups is 1. The van der Waals surface area contributed by atoms with E-state index in [2.05, 4.69) is 20.3 Å². The number of carbonyl (C=O) groups excluding carboxylic acids is 1. The van der Waals surface area contributed by atoms with Crippen LogP contribution in [0.15, 0.2) is 34.1 Å². The second-order valence-corrected chi connectivity index (χ2v) is 9.47. The molecule has 0 saturated heterocycles. The van der Waals surface area contributed by atoms with Gasteiger partial charge >= 0.3 is 12.0 Å². The topological polar surface area (TPSA) is 157 Å². The molecule has 1 heterocycles. The van der Waals surface area contributed by atoms with Gasteiger partial charge in [-0.15, -0.1) is 0 Å². The van der Waals surface area contributed by atoms with Crippen molar-refractivity contribution in [2.24, 2.45) is 0 Å². The van der Waals surface area contributed by atoms with E-state index in [9.17, 15) is 21.6 Å². The zero-order chi connectivity index (χ0) is 21.7. The Bertz CT molecular complexity index is 1080. The van der Waals surface area contributed by atoms with Gasteiger partial charge in [-0.25, -0.2) is 26.4 Å². The molecule has 2 amide bonds. The van der Waals surface area contributed by atoms with Crippen LogP contribution in [0.25, 0.3) is 0 Å². The molecule has 0 saturated carbocycles. The molecule has 11 nitrogen and oxygen atoms in total. The second kappa shape index (κ2) is 9.13. The molecular formula is C16H21N5O6S2. The zero-order valence-electron chi connectivity index (χ0n) is 16.0. The molecule has 0 aliphatic carbocycles. The summed E-state index contributed by atoms with van der Waals surface area (Å²) in [5.74, 6) is -0.116. The van der Waals surface area contributed by atoms with Crippen LogP contribution >= 0.6 is 0 Å². The van der Waals surface area contributed by atoms with Gasteiger partial charge in [0.05, 0.1) is 17.8 Å². The molecule has 0 unspecified atom stereocenters. The summed E-state index contributed by atoms with van der Waals surface area (Å²) in [6, 6.07) is 3.85. The molecule has 2 aromatic rings. The Morgan fingerprint density at radius 3 is 2.28 bits per heavy atom. The average Bonchev–Trinajstić information content (AvgIpc) is 2.67. The van der Waals surface area contributed by atoms with Crippen molar-refractivity contribution in [1.29, 1.82) is 0 Å². The monoisotopic (exact) mass is 443 g/mol. The maximum absolute atomic E-state index is 12.6. The molecule has 1 aromatic heterocycles. The van der Waals surface area contributed by atoms with Gasteiger partial charge in [0.25, 0.3) is 10.0 Å². The van der Waals surface area contributed by atoms with Gasteiger partial charge in [-0.1, -0.05) is 26.0 Å². The number of hydrogen-bond acceptors (Lipinski definition) is 9. The highest BCUT2D eigenvalue weighted by atomic mass is 32.2. The second-order valence-electron chi connectivity index (χ2n) is 5.74. The van der Waals surface area contributed by atoms with Gasteiger partial charge in [-0.3, -0.25) is 5.32 Å². The van der Waals surface area contributed by atoms with E-state index in [1.54, 1.807) is 18.6 Å². The number of benzene rings is 1. The third kappa shape index (κ3) is 5.60. The Morgan fingerprint density at radius 2 is 1.69 bits per heavy atom. The molecule has 2 rings (SSSR count). The van der Waals surface area contributed by atoms with E-state index in [4.69, 9.17) is 4.74 Å². The maximum atomic E-state index is 12.6. The van der Waals surface area contributed by atoms with Crippen LogP contribution in [0.3, 0.4) is 0 Å². The van der Waals surface area contributed by atoms with E-state index in [-0.39, 0.29) is 22.6 Å². The van der Waals surface area contributed by atoms with Crippen molar-refractivity contribution >= 4 is 31.8 Å². The largest absolute Gasteiger partial charge is 0.467 e. The van der Waals surface area contributed by atoms with Gasteiger partial charge in [0, 0.05) is 6.42 Å². The van der Waals surface area contributed by atoms with Crippen molar-refractivity contribution in [2.45, 2.75) is 36.5 Å². The first-order chi connectivity index (χ1) is 13.6. The summed E-state index contributed by atoms with van der Waals surface area (Å²) in [7, 11) is -6.99. The molecule has 0 atom stereocenters. The smallest absolute Gasteiger partial charge is 0.335 e. The third-order valence-electron chi connectivity index (χ3n) is 3.56. The van der Waals surface area contributed by atoms with Crippen LogP contribution in [-0.4, -0.2) is 50.7 Å². The molecular weight excluding hydrogens is 422 g/mol. The molecule has 13 heteroatoms. The first kappa shape index (κ1) is 22.5. The van der Waals surface area contributed by atoms with Crippen LogP contribution in [0.1, 0.15) is 26.1 Å². The fourth-order valence-electron chi connectivity index (χ4n) is 2.32. The maximum Gasteiger partial charge on any atom is 0.335 e. The van der Waals surface area contributed by atoms with Crippen LogP contribution < -0.4 is 14.8 Å². The molecule has 0 spiro atoms. The van der Waals surface area contributed by atoms with E-state index < -0.39 is 30.8 Å². The van der Waals surface area contributed by atoms with E-state index in [1.165, 1.54) is 25.3 Å². The lowest BCUT2D eigenvalue weighted by Gasteiger charge is -2.12. The summed E-state index contributed by atoms with van der Waals surface area (Å²) in [6.45, 7) is 3.44. The number of hydrogen-bond donors (Lipinski definition) is 2. The molecule has 0 aliphatic heterocycles. The van der Waals surface area contributed by atoms with Crippen LogP contribution in [0.5, 0.6) is 6.01 Å². The summed E-state index contributed by atoms with van der Waals surface area (Å²) >= 11 is 0. The Hall–Kier alpha value is -2.80. The molecule has 158 valence electrons. The van der Waals surface area contributed by atoms with Crippen LogP contribution in [-0.2, 0) is 26.3 Å². The minimum atomic E-state index is -4.49. The standard InChI is InChI=1S/C16H21N5O6S2/c1-4-10-28(23,24)11-8-6-7-9-12(11)29(25,26)21-15(22)19-14-17-13(5-2)18-16(20-14)27-3/h6-9H,4-5,10H2,1-3H3,(H2,17,18,19,20,21,22). The minimum Gasteiger partial charge on any atom is -0.467 e. The summed E-state index contributed by atoms with van der Waals surface area (Å²) in [6.07, 6.45) is 0.738. The lowest BCUT2D eigenvalue weighted by atomic mass is 10.4. The molecule has 0 bridgehead atoms. The number of nitrogens with zero attached hydrogens (tertiary/aromatic N) is 3. The van der Waals surface area contributed by atoms with Crippen molar-refractivity contribution in [3.63, 3.8) is 0 Å². The predicted octanol–water partition coefficient (Wildman–Crippen LogP) is 1.14. The Balaban J connectivity index is 2.30. The molecule has 2 N–H and O–H groups in total. The fraction of sp³-hybridized carbons (Fsp3) is 0.375. The number of ether oxygens (including phenoxy) is 1. The van der Waals surface area contributed by atoms with E-state index in [1.807, 2.05) is 0 Å². The highest BCUT2D eigenvalue weighted by Gasteiger charge is 2.27. The Labute approximate surface area is 168 Å². The van der Waals surface area contributed by atoms with Gasteiger partial charge in [-0.2, -0.15) is 15.0 Å². The lowest BCUT2D eigenvalue weighted by molar-refractivity contribution is 0.256. The van der Waals surface area contributed by atoms with Crippen molar-refractivity contribution in [1.82, 2.24) is 19.7 Å². The van der Waals surface area contributed by atoms with Crippen molar-refractivity contribution < 1.29 is 26.4 Å². The summed E-state index contributed by atoms with van der Waals surface area (Å²) in [5, 5.41) is 2.18. The minimum absolute atomic E-state index is 0.0500. The van der Waals surface area contributed by atoms with Crippen LogP contribution in [0.2, 0.25) is 0 Å². The van der Waals surface area contributed by atoms with E-state index in [0.29, 0.717) is 18.7 Å². The van der Waals surface area contributed by atoms with Gasteiger partial charge in [-0.05, 0) is 18.6 Å². The Morgan fingerprint density at radius 1 is 1.03 bits per heavy atom. The number of carbonyl (C=O) groups is 1. The molecule has 29 heavy (non-hydrogen) atoms. The van der Waals surface area contributed by atoms with Crippen LogP contribution in [0, 0.1) is 0 Å². The normalized spacial score (nSPS) is 11.7. The number of nitrogens with one attached hydrogen (secondary N) is 2. The summed E-state index contributed by atoms with van der Waals surface area (Å²) < 4.78 is 56.7.